The van der Waals surface area contributed by atoms with E-state index in [-0.39, 0.29) is 43.1 Å². The van der Waals surface area contributed by atoms with E-state index in [4.69, 9.17) is 32.1 Å². The number of halogens is 2. The van der Waals surface area contributed by atoms with Crippen LogP contribution in [0.5, 0.6) is 0 Å². The molecule has 0 aromatic rings. The van der Waals surface area contributed by atoms with Gasteiger partial charge in [0.05, 0.1) is 0 Å². The van der Waals surface area contributed by atoms with E-state index < -0.39 is 32.8 Å². The number of rotatable bonds is 10. The van der Waals surface area contributed by atoms with Crippen LogP contribution in [0.1, 0.15) is 40.5 Å². The average Bonchev–Trinajstić information content (AvgIpc) is 3.23. The number of allylic oxidation sites excluding steroid dienone is 8. The molecule has 36 heavy (non-hydrogen) atoms. The Hall–Kier alpha value is 1.21. The van der Waals surface area contributed by atoms with E-state index >= 15 is 0 Å². The van der Waals surface area contributed by atoms with Crippen molar-refractivity contribution in [2.24, 2.45) is 5.41 Å². The molecule has 0 heterocycles. The summed E-state index contributed by atoms with van der Waals surface area (Å²) >= 11 is 14.0. The summed E-state index contributed by atoms with van der Waals surface area (Å²) in [4.78, 5) is 0. The molecule has 0 aliphatic heterocycles. The van der Waals surface area contributed by atoms with Crippen molar-refractivity contribution in [3.63, 3.8) is 0 Å². The Morgan fingerprint density at radius 3 is 1.19 bits per heavy atom. The van der Waals surface area contributed by atoms with Gasteiger partial charge in [-0.2, -0.15) is 0 Å². The SMILES string of the molecule is CC(O[Si](C)(C)C)[Si](C)(C)C1=C(Cl)CC=C1C(C)(C)C1=CCC(Cl)=C1[Si](C)(C)C(C)O[Si](C)(C)C.[Zr]. The molecule has 0 bridgehead atoms. The van der Waals surface area contributed by atoms with E-state index in [0.29, 0.717) is 0 Å². The van der Waals surface area contributed by atoms with Gasteiger partial charge in [0.25, 0.3) is 0 Å². The molecule has 0 radical (unpaired) electrons. The first kappa shape index (κ1) is 35.2. The van der Waals surface area contributed by atoms with Crippen LogP contribution in [0.4, 0.5) is 0 Å². The molecule has 204 valence electrons. The summed E-state index contributed by atoms with van der Waals surface area (Å²) in [6.07, 6.45) is 6.41. The molecule has 0 amide bonds. The van der Waals surface area contributed by atoms with Gasteiger partial charge in [0.15, 0.2) is 16.6 Å². The second-order valence-corrected chi connectivity index (χ2v) is 33.4. The molecule has 2 atom stereocenters. The van der Waals surface area contributed by atoms with Crippen molar-refractivity contribution >= 4 is 56.0 Å². The summed E-state index contributed by atoms with van der Waals surface area (Å²) in [5, 5.41) is 4.81. The fraction of sp³-hybridized carbons (Fsp3) is 0.704. The van der Waals surface area contributed by atoms with Crippen LogP contribution in [0.25, 0.3) is 0 Å². The summed E-state index contributed by atoms with van der Waals surface area (Å²) in [5.41, 5.74) is 3.03. The summed E-state index contributed by atoms with van der Waals surface area (Å²) in [6.45, 7) is 32.7. The Morgan fingerprint density at radius 2 is 0.944 bits per heavy atom. The third kappa shape index (κ3) is 7.69. The molecule has 0 saturated carbocycles. The van der Waals surface area contributed by atoms with E-state index in [1.165, 1.54) is 21.5 Å². The zero-order valence-electron chi connectivity index (χ0n) is 25.3. The van der Waals surface area contributed by atoms with Crippen molar-refractivity contribution < 1.29 is 35.1 Å². The molecule has 2 unspecified atom stereocenters. The van der Waals surface area contributed by atoms with Crippen molar-refractivity contribution in [2.45, 2.75) is 117 Å². The molecular weight excluding hydrogens is 631 g/mol. The van der Waals surface area contributed by atoms with Gasteiger partial charge in [0.1, 0.15) is 16.1 Å². The van der Waals surface area contributed by atoms with Crippen molar-refractivity contribution in [1.82, 2.24) is 0 Å². The maximum Gasteiger partial charge on any atom is 0.183 e. The topological polar surface area (TPSA) is 18.5 Å². The monoisotopic (exact) mass is 678 g/mol. The Morgan fingerprint density at radius 1 is 0.667 bits per heavy atom. The van der Waals surface area contributed by atoms with Crippen LogP contribution in [0, 0.1) is 5.41 Å². The molecular formula is C27H50Cl2O2Si4Zr. The second kappa shape index (κ2) is 12.0. The van der Waals surface area contributed by atoms with Gasteiger partial charge in [0.2, 0.25) is 0 Å². The largest absolute Gasteiger partial charge is 0.418 e. The van der Waals surface area contributed by atoms with Crippen LogP contribution in [0.3, 0.4) is 0 Å². The molecule has 0 saturated heterocycles. The van der Waals surface area contributed by atoms with Crippen LogP contribution in [0.2, 0.25) is 65.5 Å². The van der Waals surface area contributed by atoms with E-state index in [2.05, 4.69) is 105 Å². The van der Waals surface area contributed by atoms with Crippen molar-refractivity contribution in [3.8, 4) is 0 Å². The first-order valence-electron chi connectivity index (χ1n) is 13.1. The van der Waals surface area contributed by atoms with Gasteiger partial charge >= 0.3 is 0 Å². The third-order valence-corrected chi connectivity index (χ3v) is 19.4. The zero-order chi connectivity index (χ0) is 27.4. The van der Waals surface area contributed by atoms with Gasteiger partial charge in [-0.1, -0.05) is 75.4 Å². The first-order valence-corrected chi connectivity index (χ1v) is 26.8. The molecule has 0 aromatic carbocycles. The van der Waals surface area contributed by atoms with E-state index in [0.717, 1.165) is 22.9 Å². The molecule has 0 aromatic heterocycles. The predicted octanol–water partition coefficient (Wildman–Crippen LogP) is 9.71. The molecule has 2 aliphatic carbocycles. The molecule has 0 fully saturated rings. The summed E-state index contributed by atoms with van der Waals surface area (Å²) in [7, 11) is -7.33. The van der Waals surface area contributed by atoms with Crippen LogP contribution >= 0.6 is 23.2 Å². The summed E-state index contributed by atoms with van der Waals surface area (Å²) < 4.78 is 13.3. The smallest absolute Gasteiger partial charge is 0.183 e. The molecule has 2 nitrogen and oxygen atoms in total. The van der Waals surface area contributed by atoms with Crippen molar-refractivity contribution in [1.29, 1.82) is 0 Å². The van der Waals surface area contributed by atoms with Gasteiger partial charge in [-0.25, -0.2) is 0 Å². The van der Waals surface area contributed by atoms with Gasteiger partial charge in [-0.3, -0.25) is 0 Å². The van der Waals surface area contributed by atoms with Crippen molar-refractivity contribution in [3.05, 3.63) is 43.8 Å². The van der Waals surface area contributed by atoms with Crippen LogP contribution in [-0.2, 0) is 35.1 Å². The van der Waals surface area contributed by atoms with Gasteiger partial charge in [0, 0.05) is 66.0 Å². The minimum absolute atomic E-state index is 0. The van der Waals surface area contributed by atoms with Crippen LogP contribution in [-0.4, -0.2) is 44.2 Å². The van der Waals surface area contributed by atoms with E-state index in [1.54, 1.807) is 0 Å². The van der Waals surface area contributed by atoms with Gasteiger partial charge < -0.3 is 8.85 Å². The second-order valence-electron chi connectivity index (χ2n) is 14.0. The Bertz CT molecular complexity index is 891. The number of hydrogen-bond donors (Lipinski definition) is 0. The zero-order valence-corrected chi connectivity index (χ0v) is 33.3. The molecule has 0 spiro atoms. The minimum atomic E-state index is -2.00. The summed E-state index contributed by atoms with van der Waals surface area (Å²) in [6, 6.07) is 0. The average molecular weight is 681 g/mol. The maximum atomic E-state index is 7.02. The Balaban J connectivity index is 0.00000648. The fourth-order valence-corrected chi connectivity index (χ4v) is 18.6. The first-order chi connectivity index (χ1) is 15.5. The molecule has 2 aliphatic rings. The number of hydrogen-bond acceptors (Lipinski definition) is 2. The third-order valence-electron chi connectivity index (χ3n) is 7.78. The molecule has 9 heteroatoms. The Kier molecular flexibility index (Phi) is 11.7. The quantitative estimate of drug-likeness (QED) is 0.214. The van der Waals surface area contributed by atoms with Crippen LogP contribution in [0.15, 0.2) is 43.8 Å². The van der Waals surface area contributed by atoms with Crippen LogP contribution < -0.4 is 0 Å². The minimum Gasteiger partial charge on any atom is -0.418 e. The van der Waals surface area contributed by atoms with Crippen molar-refractivity contribution in [2.75, 3.05) is 0 Å². The summed E-state index contributed by atoms with van der Waals surface area (Å²) in [5.74, 6) is 0. The predicted molar refractivity (Wildman–Crippen MR) is 168 cm³/mol. The Labute approximate surface area is 255 Å². The fourth-order valence-electron chi connectivity index (χ4n) is 5.52. The maximum absolute atomic E-state index is 7.02. The van der Waals surface area contributed by atoms with E-state index in [9.17, 15) is 0 Å². The molecule has 0 N–H and O–H groups in total. The van der Waals surface area contributed by atoms with Gasteiger partial charge in [-0.15, -0.1) is 0 Å². The molecule has 2 rings (SSSR count). The standard InChI is InChI=1S/C27H50Cl2O2Si4.Zr/c1-19(30-32(5,6)7)34(11,12)25-21(15-17-23(25)28)27(3,4)22-16-18-24(29)26(22)35(13,14)20(2)31-33(8,9)10;/h15-16,19-20H,17-18H2,1-14H3;. The van der Waals surface area contributed by atoms with Gasteiger partial charge in [-0.05, 0) is 74.7 Å². The van der Waals surface area contributed by atoms with E-state index in [1.807, 2.05) is 0 Å². The normalized spacial score (nSPS) is 19.9.